The van der Waals surface area contributed by atoms with Gasteiger partial charge in [-0.25, -0.2) is 4.99 Å². The molecule has 130 heavy (non-hydrogen) atoms. The van der Waals surface area contributed by atoms with Crippen molar-refractivity contribution in [3.8, 4) is 40.4 Å². The number of rotatable bonds is 20. The van der Waals surface area contributed by atoms with Crippen LogP contribution in [0.5, 0.6) is 40.4 Å². The third-order valence-corrected chi connectivity index (χ3v) is 18.9. The van der Waals surface area contributed by atoms with Gasteiger partial charge >= 0.3 is 0 Å². The van der Waals surface area contributed by atoms with Gasteiger partial charge in [-0.2, -0.15) is 0 Å². The zero-order valence-corrected chi connectivity index (χ0v) is 75.8. The first-order valence-electron chi connectivity index (χ1n) is 39.6. The number of ether oxygens (including phenoxy) is 2. The van der Waals surface area contributed by atoms with E-state index in [0.717, 1.165) is 90.9 Å². The van der Waals surface area contributed by atoms with E-state index in [2.05, 4.69) is 149 Å². The number of nitrogens with one attached hydrogen (secondary N) is 12. The first-order valence-corrected chi connectivity index (χ1v) is 42.1. The zero-order valence-electron chi connectivity index (χ0n) is 70.9. The molecule has 10 amide bonds. The normalized spacial score (nSPS) is 14.1. The number of para-hydroxylation sites is 2. The average molecular weight is 1890 g/mol. The number of benzene rings is 6. The zero-order chi connectivity index (χ0) is 95.8. The molecule has 43 heteroatoms. The number of H-pyrrole nitrogens is 3. The molecule has 0 atom stereocenters. The van der Waals surface area contributed by atoms with Gasteiger partial charge in [-0.3, -0.25) is 98.3 Å². The molecule has 14 rings (SSSR count). The van der Waals surface area contributed by atoms with E-state index in [1.165, 1.54) is 59.5 Å². The van der Waals surface area contributed by atoms with Crippen molar-refractivity contribution in [2.75, 3.05) is 55.7 Å². The fourth-order valence-corrected chi connectivity index (χ4v) is 12.7. The summed E-state index contributed by atoms with van der Waals surface area (Å²) in [5, 5.41) is 70.0. The molecule has 5 fully saturated rings. The van der Waals surface area contributed by atoms with Gasteiger partial charge in [-0.05, 0) is 223 Å². The third kappa shape index (κ3) is 32.9. The Morgan fingerprint density at radius 2 is 0.900 bits per heavy atom. The van der Waals surface area contributed by atoms with Crippen molar-refractivity contribution in [3.05, 3.63) is 203 Å². The topological polar surface area (TPSA) is 536 Å². The largest absolute Gasteiger partial charge is 0.504 e. The molecule has 0 spiro atoms. The molecule has 8 heterocycles. The number of amides is 10. The van der Waals surface area contributed by atoms with Crippen LogP contribution in [0.25, 0.3) is 35.2 Å². The van der Waals surface area contributed by atoms with E-state index < -0.39 is 29.2 Å². The van der Waals surface area contributed by atoms with Crippen LogP contribution in [0.3, 0.4) is 0 Å². The molecule has 0 saturated carbocycles. The fourth-order valence-electron chi connectivity index (χ4n) is 11.4. The van der Waals surface area contributed by atoms with Crippen molar-refractivity contribution in [3.63, 3.8) is 0 Å². The number of aldehydes is 3. The highest BCUT2D eigenvalue weighted by molar-refractivity contribution is 7.81. The molecule has 0 aliphatic carbocycles. The number of hydrogen-bond donors (Lipinski definition) is 17. The number of nitrogens with zero attached hydrogens (tertiary/aromatic N) is 4. The van der Waals surface area contributed by atoms with Crippen LogP contribution < -0.4 is 83.3 Å². The summed E-state index contributed by atoms with van der Waals surface area (Å²) >= 11 is 28.0. The lowest BCUT2D eigenvalue weighted by Crippen LogP contribution is -2.52. The maximum atomic E-state index is 12.0. The van der Waals surface area contributed by atoms with Crippen LogP contribution in [-0.2, 0) is 47.9 Å². The van der Waals surface area contributed by atoms with E-state index >= 15 is 0 Å². The molecule has 0 unspecified atom stereocenters. The van der Waals surface area contributed by atoms with Crippen LogP contribution in [0, 0.1) is 4.77 Å². The summed E-state index contributed by atoms with van der Waals surface area (Å²) in [5.41, 5.74) is 5.96. The summed E-state index contributed by atoms with van der Waals surface area (Å²) in [4.78, 5) is 172. The second-order valence-corrected chi connectivity index (χ2v) is 29.5. The number of phenols is 4. The summed E-state index contributed by atoms with van der Waals surface area (Å²) in [6, 6.07) is 36.6. The smallest absolute Gasteiger partial charge is 0.263 e. The second kappa shape index (κ2) is 52.4. The van der Waals surface area contributed by atoms with Gasteiger partial charge in [0.05, 0.1) is 35.5 Å². The number of carbonyl (C=O) groups excluding carboxylic acids is 13. The minimum atomic E-state index is -0.615. The van der Waals surface area contributed by atoms with Crippen molar-refractivity contribution in [2.24, 2.45) is 4.99 Å². The van der Waals surface area contributed by atoms with Gasteiger partial charge in [0.15, 0.2) is 65.9 Å². The number of fused-ring (bicyclic) bond motifs is 2. The van der Waals surface area contributed by atoms with Crippen molar-refractivity contribution < 1.29 is 97.3 Å². The lowest BCUT2D eigenvalue weighted by atomic mass is 10.1. The molecular weight excluding hydrogens is 1800 g/mol. The Hall–Kier alpha value is -14.8. The van der Waals surface area contributed by atoms with Crippen LogP contribution in [0.2, 0.25) is 0 Å². The van der Waals surface area contributed by atoms with Crippen LogP contribution in [0.15, 0.2) is 154 Å². The molecule has 8 aromatic rings. The Bertz CT molecular complexity index is 5770. The number of aromatic amines is 3. The molecular formula is C87H92N16O21S6. The minimum absolute atomic E-state index is 0.00513. The van der Waals surface area contributed by atoms with E-state index in [0.29, 0.717) is 71.2 Å². The van der Waals surface area contributed by atoms with E-state index in [1.54, 1.807) is 0 Å². The molecule has 2 aromatic heterocycles. The molecule has 17 N–H and O–H groups in total. The lowest BCUT2D eigenvalue weighted by molar-refractivity contribution is -0.135. The summed E-state index contributed by atoms with van der Waals surface area (Å²) in [5.74, 6) is -4.18. The third-order valence-electron chi connectivity index (χ3n) is 17.6. The van der Waals surface area contributed by atoms with Crippen molar-refractivity contribution >= 4 is 223 Å². The van der Waals surface area contributed by atoms with Gasteiger partial charge in [0.1, 0.15) is 53.8 Å². The van der Waals surface area contributed by atoms with E-state index in [4.69, 9.17) is 61.4 Å². The molecule has 6 aliphatic rings. The monoisotopic (exact) mass is 1890 g/mol. The van der Waals surface area contributed by atoms with Gasteiger partial charge in [0.2, 0.25) is 41.3 Å². The number of hydrogen-bond acceptors (Lipinski definition) is 30. The summed E-state index contributed by atoms with van der Waals surface area (Å²) in [6.07, 6.45) is 10.7. The Kier molecular flexibility index (Phi) is 41.9. The maximum Gasteiger partial charge on any atom is 0.263 e. The van der Waals surface area contributed by atoms with Crippen molar-refractivity contribution in [1.29, 1.82) is 0 Å². The Labute approximate surface area is 775 Å². The predicted octanol–water partition coefficient (Wildman–Crippen LogP) is 6.71. The number of aromatic nitrogens is 3. The quantitative estimate of drug-likeness (QED) is 0.00941. The first kappa shape index (κ1) is 104. The van der Waals surface area contributed by atoms with Crippen LogP contribution in [0.4, 0.5) is 11.4 Å². The Morgan fingerprint density at radius 3 is 1.35 bits per heavy atom. The van der Waals surface area contributed by atoms with E-state index in [1.807, 2.05) is 111 Å². The number of thiocarbonyl (C=S) groups is 5. The SMILES string of the molecule is CCCN1C(=O)CC(=O)NC1=S.CCCOc1cc(N(CC)CC)ccc1C=C1C(=O)NC(=S)NC1=O.CCCOc1cc(N(CC)CC)ccc1C=O.O=C1CC(=O)NC(=S)N1.O=C1CC(=O)NC(=S)N1.O=C1NC(=S)NC(=O)C1=Cc1ccc(O)c(O)c1.O=Cc1cc2ccccc2[nH]1.O=Cc1ccc(O)c(O)c1.O=c1[nH]c(=S)[nH]c(O)c1C=C1C=c2ccccc2=N1. The minimum Gasteiger partial charge on any atom is -0.504 e. The van der Waals surface area contributed by atoms with Crippen LogP contribution >= 0.6 is 73.3 Å². The van der Waals surface area contributed by atoms with Crippen LogP contribution in [0.1, 0.15) is 135 Å². The number of carbonyl (C=O) groups is 13. The van der Waals surface area contributed by atoms with E-state index in [-0.39, 0.29) is 131 Å². The summed E-state index contributed by atoms with van der Waals surface area (Å²) < 4.78 is 11.5. The van der Waals surface area contributed by atoms with Gasteiger partial charge in [0, 0.05) is 83.5 Å². The molecule has 682 valence electrons. The van der Waals surface area contributed by atoms with Crippen LogP contribution in [-0.4, -0.2) is 195 Å². The van der Waals surface area contributed by atoms with E-state index in [9.17, 15) is 77.3 Å². The van der Waals surface area contributed by atoms with Crippen molar-refractivity contribution in [2.45, 2.75) is 87.0 Å². The van der Waals surface area contributed by atoms with Gasteiger partial charge in [-0.15, -0.1) is 0 Å². The molecule has 37 nitrogen and oxygen atoms in total. The molecule has 0 radical (unpaired) electrons. The Balaban J connectivity index is 0.000000230. The van der Waals surface area contributed by atoms with Crippen molar-refractivity contribution in [1.82, 2.24) is 67.7 Å². The number of aromatic hydroxyl groups is 5. The predicted molar refractivity (Wildman–Crippen MR) is 507 cm³/mol. The maximum absolute atomic E-state index is 12.0. The summed E-state index contributed by atoms with van der Waals surface area (Å²) in [6.45, 7) is 19.9. The highest BCUT2D eigenvalue weighted by Gasteiger charge is 2.30. The fraction of sp³-hybridized carbons (Fsp3) is 0.230. The average Bonchev–Trinajstić information content (AvgIpc) is 1.66. The summed E-state index contributed by atoms with van der Waals surface area (Å²) in [7, 11) is 0. The number of phenolic OH excluding ortho intramolecular Hbond substituents is 4. The molecule has 0 bridgehead atoms. The Morgan fingerprint density at radius 1 is 0.438 bits per heavy atom. The first-order chi connectivity index (χ1) is 62.0. The van der Waals surface area contributed by atoms with Gasteiger partial charge in [-0.1, -0.05) is 63.2 Å². The standard InChI is InChI=1S/C18H23N3O3S.C14H21NO2.C13H9N3O2S.C11H8N2O4S.C9H7NO.C7H10N2O2S.C7H6O3.2C4H4N2O2S/c1-4-9-24-15-11-13(21(5-2)6-3)8-7-12(15)10-14-16(22)19-18(25)20-17(14)23;1-4-9-17-14-10-13(15(5-2)6-3)8-7-12(14)11-16;17-11-9(12(18)16-13(19)15-11)6-8-5-7-3-1-2-4-10(7)14-8;14-7-2-1-5(4-8(7)15)3-6-9(16)12-11(18)13-10(6)17;11-6-8-5-7-3-1-2-4-9(7)10-8;1-2-3-9-6(11)4-5(10)8-7(9)12;8-4-5-1-2-6(9)7(10)3-5;2*7-2-1-3(8)6-4(9)5-2/h7-8,10-11H,4-6,9H2,1-3H3,(H2,19,20,22,23,25);7-8,10-11H,4-6,9H2,1-3H3;1-6H,(H3,15,16,17,18,19);1-4,14-15H,(H2,12,13,16,17,18);1-6,10H;2-4H2,1H3,(H,8,10,12);1-4,9-10H;2*1H2,(H2,5,6,7,8,9). The highest BCUT2D eigenvalue weighted by Crippen LogP contribution is 2.31. The highest BCUT2D eigenvalue weighted by atomic mass is 32.1. The molecule has 6 aromatic carbocycles. The second-order valence-electron chi connectivity index (χ2n) is 27.1. The van der Waals surface area contributed by atoms with Gasteiger partial charge < -0.3 is 81.4 Å². The molecule has 6 aliphatic heterocycles. The number of allylic oxidation sites excluding steroid dienone is 1. The molecule has 5 saturated heterocycles. The van der Waals surface area contributed by atoms with Gasteiger partial charge in [0.25, 0.3) is 29.2 Å². The number of anilines is 2. The lowest BCUT2D eigenvalue weighted by Gasteiger charge is -2.26.